The first-order valence-electron chi connectivity index (χ1n) is 6.91. The first-order chi connectivity index (χ1) is 10.0. The second-order valence-electron chi connectivity index (χ2n) is 4.90. The average molecular weight is 352 g/mol. The van der Waals surface area contributed by atoms with E-state index in [9.17, 15) is 4.39 Å². The lowest BCUT2D eigenvalue weighted by Crippen LogP contribution is -2.19. The number of hydrogen-bond donors (Lipinski definition) is 1. The van der Waals surface area contributed by atoms with Gasteiger partial charge >= 0.3 is 0 Å². The molecule has 0 radical (unpaired) electrons. The molecule has 0 aliphatic heterocycles. The van der Waals surface area contributed by atoms with Gasteiger partial charge in [-0.15, -0.1) is 0 Å². The fourth-order valence-electron chi connectivity index (χ4n) is 2.42. The molecule has 0 amide bonds. The third kappa shape index (κ3) is 3.83. The van der Waals surface area contributed by atoms with Gasteiger partial charge in [0.05, 0.1) is 12.6 Å². The zero-order chi connectivity index (χ0) is 15.4. The molecule has 0 saturated carbocycles. The lowest BCUT2D eigenvalue weighted by molar-refractivity contribution is 0.334. The second-order valence-corrected chi connectivity index (χ2v) is 5.81. The van der Waals surface area contributed by atoms with Gasteiger partial charge in [0.25, 0.3) is 0 Å². The number of benzene rings is 2. The van der Waals surface area contributed by atoms with Gasteiger partial charge in [-0.25, -0.2) is 4.39 Å². The molecule has 1 N–H and O–H groups in total. The maximum atomic E-state index is 13.7. The molecule has 0 fully saturated rings. The Bertz CT molecular complexity index is 610. The predicted octanol–water partition coefficient (Wildman–Crippen LogP) is 4.60. The van der Waals surface area contributed by atoms with E-state index < -0.39 is 0 Å². The molecular formula is C17H19BrFNO. The van der Waals surface area contributed by atoms with Gasteiger partial charge in [-0.05, 0) is 50.7 Å². The van der Waals surface area contributed by atoms with Crippen LogP contribution < -0.4 is 10.1 Å². The Balaban J connectivity index is 2.52. The van der Waals surface area contributed by atoms with Crippen LogP contribution in [0.5, 0.6) is 5.75 Å². The molecule has 4 heteroatoms. The zero-order valence-corrected chi connectivity index (χ0v) is 14.0. The van der Waals surface area contributed by atoms with Gasteiger partial charge in [0, 0.05) is 10.0 Å². The first-order valence-corrected chi connectivity index (χ1v) is 7.71. The van der Waals surface area contributed by atoms with E-state index in [1.54, 1.807) is 6.07 Å². The fourth-order valence-corrected chi connectivity index (χ4v) is 2.91. The molecule has 0 aliphatic carbocycles. The Morgan fingerprint density at radius 2 is 2.00 bits per heavy atom. The molecule has 0 aromatic heterocycles. The standard InChI is InChI=1S/C17H19BrFNO/c1-4-21-16-6-5-11(2)7-15(16)17(20-3)12-8-13(18)10-14(19)9-12/h5-10,17,20H,4H2,1-3H3. The van der Waals surface area contributed by atoms with Crippen molar-refractivity contribution >= 4 is 15.9 Å². The molecule has 2 aromatic carbocycles. The van der Waals surface area contributed by atoms with Crippen LogP contribution in [-0.2, 0) is 0 Å². The molecule has 2 nitrogen and oxygen atoms in total. The summed E-state index contributed by atoms with van der Waals surface area (Å²) in [6, 6.07) is 10.8. The fraction of sp³-hybridized carbons (Fsp3) is 0.294. The predicted molar refractivity (Wildman–Crippen MR) is 87.4 cm³/mol. The lowest BCUT2D eigenvalue weighted by Gasteiger charge is -2.21. The van der Waals surface area contributed by atoms with Crippen molar-refractivity contribution in [2.24, 2.45) is 0 Å². The quantitative estimate of drug-likeness (QED) is 0.849. The molecule has 1 unspecified atom stereocenters. The van der Waals surface area contributed by atoms with Gasteiger partial charge in [0.1, 0.15) is 11.6 Å². The molecule has 2 aromatic rings. The van der Waals surface area contributed by atoms with E-state index in [1.807, 2.05) is 39.1 Å². The molecule has 21 heavy (non-hydrogen) atoms. The lowest BCUT2D eigenvalue weighted by atomic mass is 9.96. The van der Waals surface area contributed by atoms with E-state index in [1.165, 1.54) is 6.07 Å². The largest absolute Gasteiger partial charge is 0.494 e. The third-order valence-corrected chi connectivity index (χ3v) is 3.74. The van der Waals surface area contributed by atoms with Crippen molar-refractivity contribution in [1.29, 1.82) is 0 Å². The Morgan fingerprint density at radius 3 is 2.62 bits per heavy atom. The first kappa shape index (κ1) is 16.0. The van der Waals surface area contributed by atoms with Crippen LogP contribution in [0.15, 0.2) is 40.9 Å². The number of halogens is 2. The van der Waals surface area contributed by atoms with Crippen molar-refractivity contribution < 1.29 is 9.13 Å². The van der Waals surface area contributed by atoms with Crippen LogP contribution in [0.3, 0.4) is 0 Å². The zero-order valence-electron chi connectivity index (χ0n) is 12.4. The Kier molecular flexibility index (Phi) is 5.37. The van der Waals surface area contributed by atoms with Crippen molar-refractivity contribution in [3.8, 4) is 5.75 Å². The molecule has 0 bridgehead atoms. The molecule has 1 atom stereocenters. The summed E-state index contributed by atoms with van der Waals surface area (Å²) in [5.74, 6) is 0.563. The monoisotopic (exact) mass is 351 g/mol. The summed E-state index contributed by atoms with van der Waals surface area (Å²) < 4.78 is 20.1. The molecule has 0 spiro atoms. The van der Waals surface area contributed by atoms with Gasteiger partial charge < -0.3 is 10.1 Å². The van der Waals surface area contributed by atoms with Crippen molar-refractivity contribution in [2.75, 3.05) is 13.7 Å². The molecule has 0 saturated heterocycles. The topological polar surface area (TPSA) is 21.3 Å². The Hall–Kier alpha value is -1.39. The van der Waals surface area contributed by atoms with Crippen LogP contribution >= 0.6 is 15.9 Å². The molecule has 112 valence electrons. The summed E-state index contributed by atoms with van der Waals surface area (Å²) in [5, 5.41) is 3.25. The van der Waals surface area contributed by atoms with E-state index in [0.29, 0.717) is 6.61 Å². The summed E-state index contributed by atoms with van der Waals surface area (Å²) in [6.07, 6.45) is 0. The van der Waals surface area contributed by atoms with Crippen LogP contribution in [0.2, 0.25) is 0 Å². The smallest absolute Gasteiger partial charge is 0.124 e. The van der Waals surface area contributed by atoms with Gasteiger partial charge in [-0.3, -0.25) is 0 Å². The highest BCUT2D eigenvalue weighted by Gasteiger charge is 2.18. The van der Waals surface area contributed by atoms with E-state index >= 15 is 0 Å². The highest BCUT2D eigenvalue weighted by molar-refractivity contribution is 9.10. The number of hydrogen-bond acceptors (Lipinski definition) is 2. The molecule has 0 aliphatic rings. The minimum absolute atomic E-state index is 0.126. The van der Waals surface area contributed by atoms with Crippen LogP contribution in [-0.4, -0.2) is 13.7 Å². The van der Waals surface area contributed by atoms with Crippen molar-refractivity contribution in [1.82, 2.24) is 5.32 Å². The minimum Gasteiger partial charge on any atom is -0.494 e. The van der Waals surface area contributed by atoms with E-state index in [0.717, 1.165) is 26.9 Å². The highest BCUT2D eigenvalue weighted by atomic mass is 79.9. The van der Waals surface area contributed by atoms with Crippen LogP contribution in [0, 0.1) is 12.7 Å². The summed E-state index contributed by atoms with van der Waals surface area (Å²) in [6.45, 7) is 4.59. The number of aryl methyl sites for hydroxylation is 1. The normalized spacial score (nSPS) is 12.2. The number of rotatable bonds is 5. The molecule has 0 heterocycles. The Morgan fingerprint density at radius 1 is 1.24 bits per heavy atom. The highest BCUT2D eigenvalue weighted by Crippen LogP contribution is 2.32. The van der Waals surface area contributed by atoms with Crippen LogP contribution in [0.1, 0.15) is 29.7 Å². The van der Waals surface area contributed by atoms with Gasteiger partial charge in [0.2, 0.25) is 0 Å². The van der Waals surface area contributed by atoms with Crippen molar-refractivity contribution in [2.45, 2.75) is 19.9 Å². The average Bonchev–Trinajstić information content (AvgIpc) is 2.41. The summed E-state index contributed by atoms with van der Waals surface area (Å²) in [4.78, 5) is 0. The van der Waals surface area contributed by atoms with Crippen molar-refractivity contribution in [3.63, 3.8) is 0 Å². The second kappa shape index (κ2) is 7.05. The van der Waals surface area contributed by atoms with Gasteiger partial charge in [0.15, 0.2) is 0 Å². The van der Waals surface area contributed by atoms with E-state index in [2.05, 4.69) is 27.3 Å². The maximum Gasteiger partial charge on any atom is 0.124 e. The van der Waals surface area contributed by atoms with Crippen LogP contribution in [0.4, 0.5) is 4.39 Å². The summed E-state index contributed by atoms with van der Waals surface area (Å²) in [5.41, 5.74) is 3.01. The maximum absolute atomic E-state index is 13.7. The van der Waals surface area contributed by atoms with Gasteiger partial charge in [-0.2, -0.15) is 0 Å². The Labute approximate surface area is 133 Å². The minimum atomic E-state index is -0.259. The molecule has 2 rings (SSSR count). The number of nitrogens with one attached hydrogen (secondary N) is 1. The molecular weight excluding hydrogens is 333 g/mol. The van der Waals surface area contributed by atoms with E-state index in [-0.39, 0.29) is 11.9 Å². The SMILES string of the molecule is CCOc1ccc(C)cc1C(NC)c1cc(F)cc(Br)c1. The summed E-state index contributed by atoms with van der Waals surface area (Å²) >= 11 is 3.35. The van der Waals surface area contributed by atoms with Crippen molar-refractivity contribution in [3.05, 3.63) is 63.4 Å². The van der Waals surface area contributed by atoms with Crippen LogP contribution in [0.25, 0.3) is 0 Å². The van der Waals surface area contributed by atoms with E-state index in [4.69, 9.17) is 4.74 Å². The number of ether oxygens (including phenoxy) is 1. The summed E-state index contributed by atoms with van der Waals surface area (Å²) in [7, 11) is 1.86. The van der Waals surface area contributed by atoms with Gasteiger partial charge in [-0.1, -0.05) is 33.6 Å². The third-order valence-electron chi connectivity index (χ3n) is 3.28.